The fraction of sp³-hybridized carbons (Fsp3) is 0.312. The van der Waals surface area contributed by atoms with E-state index in [2.05, 4.69) is 56.1 Å². The van der Waals surface area contributed by atoms with Gasteiger partial charge < -0.3 is 5.73 Å². The standard InChI is InChI=1S/C16H20N2/c1-4-12-6-5-7-13(10-12)14-8-9-15(17)18-16(14)11(2)3/h5-11H,4H2,1-3H3,(H2,17,18). The minimum absolute atomic E-state index is 0.369. The Morgan fingerprint density at radius 3 is 2.61 bits per heavy atom. The Hall–Kier alpha value is -1.83. The fourth-order valence-electron chi connectivity index (χ4n) is 2.13. The highest BCUT2D eigenvalue weighted by atomic mass is 14.8. The van der Waals surface area contributed by atoms with Gasteiger partial charge in [0.05, 0.1) is 5.69 Å². The van der Waals surface area contributed by atoms with Gasteiger partial charge in [-0.05, 0) is 35.6 Å². The minimum atomic E-state index is 0.369. The van der Waals surface area contributed by atoms with Crippen LogP contribution in [0.15, 0.2) is 36.4 Å². The van der Waals surface area contributed by atoms with E-state index in [0.717, 1.165) is 12.1 Å². The van der Waals surface area contributed by atoms with Crippen LogP contribution in [0.1, 0.15) is 37.9 Å². The smallest absolute Gasteiger partial charge is 0.123 e. The van der Waals surface area contributed by atoms with Gasteiger partial charge in [-0.15, -0.1) is 0 Å². The van der Waals surface area contributed by atoms with Crippen LogP contribution in [0.4, 0.5) is 5.82 Å². The molecule has 0 amide bonds. The van der Waals surface area contributed by atoms with Crippen molar-refractivity contribution in [2.45, 2.75) is 33.1 Å². The maximum absolute atomic E-state index is 5.79. The number of nitrogens with zero attached hydrogens (tertiary/aromatic N) is 1. The lowest BCUT2D eigenvalue weighted by Gasteiger charge is -2.13. The monoisotopic (exact) mass is 240 g/mol. The van der Waals surface area contributed by atoms with Crippen molar-refractivity contribution in [2.75, 3.05) is 5.73 Å². The zero-order chi connectivity index (χ0) is 13.1. The molecule has 1 aromatic heterocycles. The third-order valence-electron chi connectivity index (χ3n) is 3.14. The van der Waals surface area contributed by atoms with Crippen LogP contribution in [-0.2, 0) is 6.42 Å². The highest BCUT2D eigenvalue weighted by molar-refractivity contribution is 5.68. The molecule has 2 rings (SSSR count). The van der Waals surface area contributed by atoms with Crippen LogP contribution in [0.5, 0.6) is 0 Å². The first-order valence-corrected chi connectivity index (χ1v) is 6.47. The molecule has 0 unspecified atom stereocenters. The number of hydrogen-bond donors (Lipinski definition) is 1. The van der Waals surface area contributed by atoms with Gasteiger partial charge in [-0.2, -0.15) is 0 Å². The van der Waals surface area contributed by atoms with Crippen molar-refractivity contribution in [3.05, 3.63) is 47.7 Å². The summed E-state index contributed by atoms with van der Waals surface area (Å²) < 4.78 is 0. The molecule has 0 aliphatic heterocycles. The summed E-state index contributed by atoms with van der Waals surface area (Å²) in [4.78, 5) is 4.48. The van der Waals surface area contributed by atoms with Crippen molar-refractivity contribution in [2.24, 2.45) is 0 Å². The number of pyridine rings is 1. The van der Waals surface area contributed by atoms with E-state index in [1.165, 1.54) is 16.7 Å². The van der Waals surface area contributed by atoms with Gasteiger partial charge in [0.15, 0.2) is 0 Å². The molecule has 2 N–H and O–H groups in total. The Labute approximate surface area is 109 Å². The van der Waals surface area contributed by atoms with E-state index in [-0.39, 0.29) is 0 Å². The zero-order valence-corrected chi connectivity index (χ0v) is 11.3. The molecule has 0 saturated heterocycles. The average molecular weight is 240 g/mol. The van der Waals surface area contributed by atoms with Crippen molar-refractivity contribution < 1.29 is 0 Å². The first-order chi connectivity index (χ1) is 8.61. The number of aryl methyl sites for hydroxylation is 1. The van der Waals surface area contributed by atoms with Gasteiger partial charge in [0, 0.05) is 5.56 Å². The Morgan fingerprint density at radius 1 is 1.17 bits per heavy atom. The van der Waals surface area contributed by atoms with Crippen molar-refractivity contribution in [1.82, 2.24) is 4.98 Å². The van der Waals surface area contributed by atoms with E-state index in [1.54, 1.807) is 0 Å². The molecule has 2 aromatic rings. The number of aromatic nitrogens is 1. The third kappa shape index (κ3) is 2.53. The molecule has 2 nitrogen and oxygen atoms in total. The second-order valence-electron chi connectivity index (χ2n) is 4.88. The predicted octanol–water partition coefficient (Wildman–Crippen LogP) is 4.02. The maximum Gasteiger partial charge on any atom is 0.123 e. The number of nitrogen functional groups attached to an aromatic ring is 1. The normalized spacial score (nSPS) is 10.9. The van der Waals surface area contributed by atoms with Gasteiger partial charge in [0.25, 0.3) is 0 Å². The number of benzene rings is 1. The number of hydrogen-bond acceptors (Lipinski definition) is 2. The second-order valence-corrected chi connectivity index (χ2v) is 4.88. The molecular formula is C16H20N2. The van der Waals surface area contributed by atoms with Crippen LogP contribution in [0.25, 0.3) is 11.1 Å². The first-order valence-electron chi connectivity index (χ1n) is 6.47. The number of nitrogens with two attached hydrogens (primary N) is 1. The molecule has 0 fully saturated rings. The molecule has 0 spiro atoms. The average Bonchev–Trinajstić information content (AvgIpc) is 2.38. The zero-order valence-electron chi connectivity index (χ0n) is 11.3. The Morgan fingerprint density at radius 2 is 1.94 bits per heavy atom. The van der Waals surface area contributed by atoms with Gasteiger partial charge in [0.2, 0.25) is 0 Å². The number of anilines is 1. The molecule has 94 valence electrons. The lowest BCUT2D eigenvalue weighted by Crippen LogP contribution is -2.00. The summed E-state index contributed by atoms with van der Waals surface area (Å²) in [6.07, 6.45) is 1.05. The topological polar surface area (TPSA) is 38.9 Å². The van der Waals surface area contributed by atoms with E-state index < -0.39 is 0 Å². The van der Waals surface area contributed by atoms with Crippen LogP contribution in [-0.4, -0.2) is 4.98 Å². The van der Waals surface area contributed by atoms with E-state index in [4.69, 9.17) is 5.73 Å². The van der Waals surface area contributed by atoms with E-state index >= 15 is 0 Å². The van der Waals surface area contributed by atoms with Crippen LogP contribution in [0.2, 0.25) is 0 Å². The summed E-state index contributed by atoms with van der Waals surface area (Å²) in [6.45, 7) is 6.47. The largest absolute Gasteiger partial charge is 0.384 e. The summed E-state index contributed by atoms with van der Waals surface area (Å²) in [7, 11) is 0. The Kier molecular flexibility index (Phi) is 3.66. The summed E-state index contributed by atoms with van der Waals surface area (Å²) >= 11 is 0. The van der Waals surface area contributed by atoms with Gasteiger partial charge in [-0.1, -0.05) is 45.0 Å². The van der Waals surface area contributed by atoms with Gasteiger partial charge in [-0.3, -0.25) is 0 Å². The molecule has 0 bridgehead atoms. The fourth-order valence-corrected chi connectivity index (χ4v) is 2.13. The van der Waals surface area contributed by atoms with Crippen LogP contribution >= 0.6 is 0 Å². The Balaban J connectivity index is 2.55. The van der Waals surface area contributed by atoms with Crippen molar-refractivity contribution >= 4 is 5.82 Å². The molecular weight excluding hydrogens is 220 g/mol. The van der Waals surface area contributed by atoms with E-state index in [9.17, 15) is 0 Å². The van der Waals surface area contributed by atoms with Gasteiger partial charge in [0.1, 0.15) is 5.82 Å². The summed E-state index contributed by atoms with van der Waals surface area (Å²) in [5.41, 5.74) is 10.6. The molecule has 0 radical (unpaired) electrons. The van der Waals surface area contributed by atoms with E-state index in [0.29, 0.717) is 11.7 Å². The summed E-state index contributed by atoms with van der Waals surface area (Å²) in [5.74, 6) is 0.961. The van der Waals surface area contributed by atoms with Gasteiger partial charge >= 0.3 is 0 Å². The van der Waals surface area contributed by atoms with E-state index in [1.807, 2.05) is 6.07 Å². The quantitative estimate of drug-likeness (QED) is 0.880. The highest BCUT2D eigenvalue weighted by Gasteiger charge is 2.10. The lowest BCUT2D eigenvalue weighted by atomic mass is 9.96. The SMILES string of the molecule is CCc1cccc(-c2ccc(N)nc2C(C)C)c1. The lowest BCUT2D eigenvalue weighted by molar-refractivity contribution is 0.828. The molecule has 0 atom stereocenters. The second kappa shape index (κ2) is 5.21. The van der Waals surface area contributed by atoms with Gasteiger partial charge in [-0.25, -0.2) is 4.98 Å². The van der Waals surface area contributed by atoms with Crippen molar-refractivity contribution in [1.29, 1.82) is 0 Å². The minimum Gasteiger partial charge on any atom is -0.384 e. The van der Waals surface area contributed by atoms with Crippen LogP contribution in [0, 0.1) is 0 Å². The summed E-state index contributed by atoms with van der Waals surface area (Å²) in [6, 6.07) is 12.6. The number of rotatable bonds is 3. The molecule has 1 heterocycles. The predicted molar refractivity (Wildman–Crippen MR) is 77.6 cm³/mol. The van der Waals surface area contributed by atoms with Crippen LogP contribution < -0.4 is 5.73 Å². The highest BCUT2D eigenvalue weighted by Crippen LogP contribution is 2.29. The molecule has 0 aliphatic carbocycles. The molecule has 1 aromatic carbocycles. The molecule has 0 aliphatic rings. The summed E-state index contributed by atoms with van der Waals surface area (Å²) in [5, 5.41) is 0. The molecule has 18 heavy (non-hydrogen) atoms. The Bertz CT molecular complexity index is 545. The first kappa shape index (κ1) is 12.6. The molecule has 2 heteroatoms. The van der Waals surface area contributed by atoms with Crippen molar-refractivity contribution in [3.63, 3.8) is 0 Å². The van der Waals surface area contributed by atoms with Crippen molar-refractivity contribution in [3.8, 4) is 11.1 Å². The molecule has 0 saturated carbocycles. The third-order valence-corrected chi connectivity index (χ3v) is 3.14. The maximum atomic E-state index is 5.79. The van der Waals surface area contributed by atoms with Crippen LogP contribution in [0.3, 0.4) is 0 Å².